The van der Waals surface area contributed by atoms with Crippen LogP contribution in [0.5, 0.6) is 5.75 Å². The second-order valence-corrected chi connectivity index (χ2v) is 6.61. The van der Waals surface area contributed by atoms with Crippen LogP contribution in [-0.2, 0) is 0 Å². The van der Waals surface area contributed by atoms with Crippen molar-refractivity contribution >= 4 is 17.5 Å². The molecule has 0 unspecified atom stereocenters. The van der Waals surface area contributed by atoms with E-state index >= 15 is 0 Å². The predicted octanol–water partition coefficient (Wildman–Crippen LogP) is 4.30. The molecule has 0 saturated heterocycles. The van der Waals surface area contributed by atoms with Gasteiger partial charge in [0.25, 0.3) is 11.8 Å². The normalized spacial score (nSPS) is 10.3. The van der Waals surface area contributed by atoms with Gasteiger partial charge in [0.1, 0.15) is 11.6 Å². The molecule has 0 aliphatic heterocycles. The molecule has 0 aromatic heterocycles. The summed E-state index contributed by atoms with van der Waals surface area (Å²) in [5.41, 5.74) is 1.31. The number of carbonyl (C=O) groups excluding carboxylic acids is 2. The minimum atomic E-state index is -0.560. The first-order chi connectivity index (χ1) is 14.6. The average molecular weight is 406 g/mol. The molecule has 0 aliphatic rings. The topological polar surface area (TPSA) is 58.6 Å². The van der Waals surface area contributed by atoms with E-state index in [0.29, 0.717) is 30.8 Å². The molecule has 0 bridgehead atoms. The summed E-state index contributed by atoms with van der Waals surface area (Å²) in [5.74, 6) is -0.505. The Morgan fingerprint density at radius 3 is 2.27 bits per heavy atom. The number of nitrogens with zero attached hydrogens (tertiary/aromatic N) is 1. The SMILES string of the molecule is COc1ccc(C(=O)N(CCCNC(=O)c2ccccc2F)c2ccccc2)cc1. The summed E-state index contributed by atoms with van der Waals surface area (Å²) in [5, 5.41) is 2.71. The number of methoxy groups -OCH3 is 1. The first-order valence-corrected chi connectivity index (χ1v) is 9.64. The molecule has 3 aromatic carbocycles. The molecule has 0 spiro atoms. The zero-order valence-electron chi connectivity index (χ0n) is 16.7. The second kappa shape index (κ2) is 10.2. The lowest BCUT2D eigenvalue weighted by atomic mass is 10.1. The molecule has 0 aliphatic carbocycles. The average Bonchev–Trinajstić information content (AvgIpc) is 2.79. The Bertz CT molecular complexity index is 991. The number of halogens is 1. The van der Waals surface area contributed by atoms with Crippen LogP contribution in [0, 0.1) is 5.82 Å². The first kappa shape index (κ1) is 21.0. The Morgan fingerprint density at radius 1 is 0.933 bits per heavy atom. The molecule has 3 aromatic rings. The molecule has 6 heteroatoms. The van der Waals surface area contributed by atoms with Crippen molar-refractivity contribution in [2.24, 2.45) is 0 Å². The second-order valence-electron chi connectivity index (χ2n) is 6.61. The van der Waals surface area contributed by atoms with Gasteiger partial charge >= 0.3 is 0 Å². The van der Waals surface area contributed by atoms with Crippen LogP contribution >= 0.6 is 0 Å². The van der Waals surface area contributed by atoms with E-state index in [1.54, 1.807) is 42.3 Å². The Labute approximate surface area is 175 Å². The van der Waals surface area contributed by atoms with Gasteiger partial charge in [0, 0.05) is 24.3 Å². The standard InChI is InChI=1S/C24H23FN2O3/c1-30-20-14-12-18(13-15-20)24(29)27(19-8-3-2-4-9-19)17-7-16-26-23(28)21-10-5-6-11-22(21)25/h2-6,8-15H,7,16-17H2,1H3,(H,26,28). The smallest absolute Gasteiger partial charge is 0.258 e. The number of anilines is 1. The number of amides is 2. The number of nitrogens with one attached hydrogen (secondary N) is 1. The van der Waals surface area contributed by atoms with Crippen LogP contribution in [0.15, 0.2) is 78.9 Å². The van der Waals surface area contributed by atoms with Gasteiger partial charge in [0.05, 0.1) is 12.7 Å². The Kier molecular flexibility index (Phi) is 7.16. The monoisotopic (exact) mass is 406 g/mol. The minimum absolute atomic E-state index is 0.00623. The lowest BCUT2D eigenvalue weighted by molar-refractivity contribution is 0.0949. The molecular formula is C24H23FN2O3. The van der Waals surface area contributed by atoms with Crippen molar-refractivity contribution in [1.29, 1.82) is 0 Å². The van der Waals surface area contributed by atoms with Crippen LogP contribution in [0.25, 0.3) is 0 Å². The lowest BCUT2D eigenvalue weighted by Gasteiger charge is -2.23. The van der Waals surface area contributed by atoms with Gasteiger partial charge in [-0.25, -0.2) is 4.39 Å². The van der Waals surface area contributed by atoms with Crippen molar-refractivity contribution < 1.29 is 18.7 Å². The number of hydrogen-bond acceptors (Lipinski definition) is 3. The predicted molar refractivity (Wildman–Crippen MR) is 114 cm³/mol. The van der Waals surface area contributed by atoms with Gasteiger partial charge < -0.3 is 15.0 Å². The van der Waals surface area contributed by atoms with Gasteiger partial charge in [0.15, 0.2) is 0 Å². The molecule has 5 nitrogen and oxygen atoms in total. The van der Waals surface area contributed by atoms with Gasteiger partial charge in [-0.3, -0.25) is 9.59 Å². The number of rotatable bonds is 8. The van der Waals surface area contributed by atoms with Crippen LogP contribution in [0.2, 0.25) is 0 Å². The maximum absolute atomic E-state index is 13.7. The molecule has 0 atom stereocenters. The van der Waals surface area contributed by atoms with Crippen molar-refractivity contribution in [3.05, 3.63) is 95.8 Å². The molecule has 30 heavy (non-hydrogen) atoms. The van der Waals surface area contributed by atoms with Crippen molar-refractivity contribution in [2.45, 2.75) is 6.42 Å². The summed E-state index contributed by atoms with van der Waals surface area (Å²) < 4.78 is 18.9. The molecule has 2 amide bonds. The minimum Gasteiger partial charge on any atom is -0.497 e. The zero-order valence-corrected chi connectivity index (χ0v) is 16.7. The first-order valence-electron chi connectivity index (χ1n) is 9.64. The number of ether oxygens (including phenoxy) is 1. The quantitative estimate of drug-likeness (QED) is 0.568. The summed E-state index contributed by atoms with van der Waals surface area (Å²) >= 11 is 0. The zero-order chi connectivity index (χ0) is 21.3. The highest BCUT2D eigenvalue weighted by Crippen LogP contribution is 2.19. The van der Waals surface area contributed by atoms with Gasteiger partial charge in [-0.2, -0.15) is 0 Å². The number of para-hydroxylation sites is 1. The van der Waals surface area contributed by atoms with Gasteiger partial charge in [0.2, 0.25) is 0 Å². The molecule has 0 heterocycles. The fourth-order valence-electron chi connectivity index (χ4n) is 3.02. The Morgan fingerprint density at radius 2 is 1.60 bits per heavy atom. The van der Waals surface area contributed by atoms with Gasteiger partial charge in [-0.15, -0.1) is 0 Å². The molecule has 3 rings (SSSR count). The molecule has 1 N–H and O–H groups in total. The summed E-state index contributed by atoms with van der Waals surface area (Å²) in [6.45, 7) is 0.707. The number of carbonyl (C=O) groups is 2. The van der Waals surface area contributed by atoms with Crippen LogP contribution < -0.4 is 15.0 Å². The highest BCUT2D eigenvalue weighted by atomic mass is 19.1. The van der Waals surface area contributed by atoms with E-state index in [0.717, 1.165) is 5.69 Å². The molecule has 0 saturated carbocycles. The van der Waals surface area contributed by atoms with E-state index in [4.69, 9.17) is 4.74 Å². The molecular weight excluding hydrogens is 383 g/mol. The fourth-order valence-corrected chi connectivity index (χ4v) is 3.02. The van der Waals surface area contributed by atoms with E-state index in [1.807, 2.05) is 30.3 Å². The van der Waals surface area contributed by atoms with E-state index < -0.39 is 11.7 Å². The molecule has 154 valence electrons. The third-order valence-electron chi connectivity index (χ3n) is 4.61. The molecule has 0 radical (unpaired) electrons. The highest BCUT2D eigenvalue weighted by molar-refractivity contribution is 6.06. The van der Waals surface area contributed by atoms with Gasteiger partial charge in [-0.1, -0.05) is 30.3 Å². The fraction of sp³-hybridized carbons (Fsp3) is 0.167. The Balaban J connectivity index is 1.65. The number of hydrogen-bond donors (Lipinski definition) is 1. The summed E-state index contributed by atoms with van der Waals surface area (Å²) in [6.07, 6.45) is 0.511. The van der Waals surface area contributed by atoms with Crippen molar-refractivity contribution in [3.63, 3.8) is 0 Å². The third kappa shape index (κ3) is 5.23. The number of benzene rings is 3. The summed E-state index contributed by atoms with van der Waals surface area (Å²) in [4.78, 5) is 26.9. The Hall–Kier alpha value is -3.67. The van der Waals surface area contributed by atoms with E-state index in [1.165, 1.54) is 18.2 Å². The van der Waals surface area contributed by atoms with E-state index in [2.05, 4.69) is 5.32 Å². The summed E-state index contributed by atoms with van der Waals surface area (Å²) in [7, 11) is 1.57. The lowest BCUT2D eigenvalue weighted by Crippen LogP contribution is -2.34. The van der Waals surface area contributed by atoms with Crippen LogP contribution in [0.3, 0.4) is 0 Å². The maximum atomic E-state index is 13.7. The van der Waals surface area contributed by atoms with Crippen LogP contribution in [0.1, 0.15) is 27.1 Å². The summed E-state index contributed by atoms with van der Waals surface area (Å²) in [6, 6.07) is 22.1. The van der Waals surface area contributed by atoms with Crippen molar-refractivity contribution in [2.75, 3.05) is 25.1 Å². The van der Waals surface area contributed by atoms with Crippen molar-refractivity contribution in [3.8, 4) is 5.75 Å². The van der Waals surface area contributed by atoms with Gasteiger partial charge in [-0.05, 0) is 55.0 Å². The van der Waals surface area contributed by atoms with Crippen LogP contribution in [-0.4, -0.2) is 32.0 Å². The van der Waals surface area contributed by atoms with Crippen molar-refractivity contribution in [1.82, 2.24) is 5.32 Å². The van der Waals surface area contributed by atoms with E-state index in [-0.39, 0.29) is 11.5 Å². The maximum Gasteiger partial charge on any atom is 0.258 e. The molecule has 0 fully saturated rings. The highest BCUT2D eigenvalue weighted by Gasteiger charge is 2.18. The largest absolute Gasteiger partial charge is 0.497 e. The van der Waals surface area contributed by atoms with Crippen LogP contribution in [0.4, 0.5) is 10.1 Å². The third-order valence-corrected chi connectivity index (χ3v) is 4.61. The van der Waals surface area contributed by atoms with E-state index in [9.17, 15) is 14.0 Å².